The third-order valence-corrected chi connectivity index (χ3v) is 3.51. The highest BCUT2D eigenvalue weighted by Crippen LogP contribution is 2.25. The molecule has 0 unspecified atom stereocenters. The largest absolute Gasteiger partial charge is 0.506 e. The van der Waals surface area contributed by atoms with E-state index >= 15 is 0 Å². The van der Waals surface area contributed by atoms with Gasteiger partial charge in [0.2, 0.25) is 5.91 Å². The van der Waals surface area contributed by atoms with Gasteiger partial charge < -0.3 is 20.3 Å². The summed E-state index contributed by atoms with van der Waals surface area (Å²) < 4.78 is 5.11. The highest BCUT2D eigenvalue weighted by molar-refractivity contribution is 6.02. The van der Waals surface area contributed by atoms with E-state index in [0.29, 0.717) is 11.3 Å². The molecule has 0 saturated heterocycles. The van der Waals surface area contributed by atoms with E-state index in [1.54, 1.807) is 24.3 Å². The van der Waals surface area contributed by atoms with Crippen LogP contribution in [-0.2, 0) is 4.79 Å². The lowest BCUT2D eigenvalue weighted by Crippen LogP contribution is -2.14. The van der Waals surface area contributed by atoms with Crippen molar-refractivity contribution in [3.63, 3.8) is 0 Å². The third-order valence-electron chi connectivity index (χ3n) is 3.51. The highest BCUT2D eigenvalue weighted by atomic mass is 16.5. The predicted octanol–water partition coefficient (Wildman–Crippen LogP) is 2.70. The molecule has 0 radical (unpaired) electrons. The van der Waals surface area contributed by atoms with Gasteiger partial charge in [0.1, 0.15) is 11.5 Å². The van der Waals surface area contributed by atoms with Crippen molar-refractivity contribution in [3.05, 3.63) is 53.6 Å². The van der Waals surface area contributed by atoms with E-state index in [-0.39, 0.29) is 35.6 Å². The SMILES string of the molecule is COc1ccccc1C(=O)CCC(=O)Nc1ccc(C(=O)O)cc1O. The van der Waals surface area contributed by atoms with Gasteiger partial charge >= 0.3 is 5.97 Å². The molecule has 7 nitrogen and oxygen atoms in total. The Bertz CT molecular complexity index is 815. The van der Waals surface area contributed by atoms with E-state index in [1.807, 2.05) is 0 Å². The van der Waals surface area contributed by atoms with Crippen LogP contribution in [0, 0.1) is 0 Å². The number of phenolic OH excluding ortho intramolecular Hbond substituents is 1. The Kier molecular flexibility index (Phi) is 5.73. The van der Waals surface area contributed by atoms with Gasteiger partial charge in [-0.3, -0.25) is 9.59 Å². The molecule has 0 aromatic heterocycles. The van der Waals surface area contributed by atoms with Crippen molar-refractivity contribution in [2.24, 2.45) is 0 Å². The van der Waals surface area contributed by atoms with Crippen molar-refractivity contribution < 1.29 is 29.3 Å². The monoisotopic (exact) mass is 343 g/mol. The molecule has 0 atom stereocenters. The van der Waals surface area contributed by atoms with Crippen LogP contribution in [0.4, 0.5) is 5.69 Å². The minimum absolute atomic E-state index is 0.0276. The molecule has 2 rings (SSSR count). The molecule has 25 heavy (non-hydrogen) atoms. The molecular formula is C18H17NO6. The van der Waals surface area contributed by atoms with Gasteiger partial charge in [0.15, 0.2) is 5.78 Å². The van der Waals surface area contributed by atoms with E-state index in [4.69, 9.17) is 9.84 Å². The van der Waals surface area contributed by atoms with Gasteiger partial charge in [-0.1, -0.05) is 12.1 Å². The number of ether oxygens (including phenoxy) is 1. The van der Waals surface area contributed by atoms with Gasteiger partial charge in [0, 0.05) is 12.8 Å². The molecule has 0 bridgehead atoms. The number of anilines is 1. The summed E-state index contributed by atoms with van der Waals surface area (Å²) in [7, 11) is 1.46. The first-order valence-corrected chi connectivity index (χ1v) is 7.44. The Hall–Kier alpha value is -3.35. The number of carboxylic acid groups (broad SMARTS) is 1. The van der Waals surface area contributed by atoms with Crippen LogP contribution >= 0.6 is 0 Å². The number of para-hydroxylation sites is 1. The molecule has 130 valence electrons. The standard InChI is InChI=1S/C18H17NO6/c1-25-16-5-3-2-4-12(16)14(20)8-9-17(22)19-13-7-6-11(18(23)24)10-15(13)21/h2-7,10,21H,8-9H2,1H3,(H,19,22)(H,23,24). The van der Waals surface area contributed by atoms with Crippen LogP contribution in [-0.4, -0.2) is 35.0 Å². The van der Waals surface area contributed by atoms with Crippen LogP contribution in [0.15, 0.2) is 42.5 Å². The lowest BCUT2D eigenvalue weighted by atomic mass is 10.1. The zero-order chi connectivity index (χ0) is 18.4. The van der Waals surface area contributed by atoms with Gasteiger partial charge in [0.25, 0.3) is 0 Å². The Morgan fingerprint density at radius 1 is 1.08 bits per heavy atom. The minimum atomic E-state index is -1.18. The van der Waals surface area contributed by atoms with Gasteiger partial charge in [-0.25, -0.2) is 4.79 Å². The van der Waals surface area contributed by atoms with E-state index in [2.05, 4.69) is 5.32 Å². The average molecular weight is 343 g/mol. The minimum Gasteiger partial charge on any atom is -0.506 e. The smallest absolute Gasteiger partial charge is 0.335 e. The number of aromatic carboxylic acids is 1. The second kappa shape index (κ2) is 7.96. The number of hydrogen-bond acceptors (Lipinski definition) is 5. The van der Waals surface area contributed by atoms with Crippen molar-refractivity contribution in [2.75, 3.05) is 12.4 Å². The first-order valence-electron chi connectivity index (χ1n) is 7.44. The van der Waals surface area contributed by atoms with E-state index in [0.717, 1.165) is 6.07 Å². The summed E-state index contributed by atoms with van der Waals surface area (Å²) in [5.41, 5.74) is 0.382. The molecule has 7 heteroatoms. The normalized spacial score (nSPS) is 10.1. The number of carboxylic acids is 1. The van der Waals surface area contributed by atoms with E-state index in [9.17, 15) is 19.5 Å². The summed E-state index contributed by atoms with van der Waals surface area (Å²) in [5, 5.41) is 21.0. The number of phenols is 1. The number of methoxy groups -OCH3 is 1. The molecule has 0 aliphatic carbocycles. The first kappa shape index (κ1) is 18.0. The Labute approximate surface area is 143 Å². The number of rotatable bonds is 7. The molecule has 3 N–H and O–H groups in total. The number of aromatic hydroxyl groups is 1. The Morgan fingerprint density at radius 3 is 2.44 bits per heavy atom. The third kappa shape index (κ3) is 4.57. The summed E-state index contributed by atoms with van der Waals surface area (Å²) in [6.45, 7) is 0. The van der Waals surface area contributed by atoms with Crippen molar-refractivity contribution in [2.45, 2.75) is 12.8 Å². The maximum atomic E-state index is 12.2. The maximum absolute atomic E-state index is 12.2. The van der Waals surface area contributed by atoms with Crippen molar-refractivity contribution in [1.82, 2.24) is 0 Å². The summed E-state index contributed by atoms with van der Waals surface area (Å²) in [6, 6.07) is 10.3. The fourth-order valence-corrected chi connectivity index (χ4v) is 2.22. The van der Waals surface area contributed by atoms with Crippen molar-refractivity contribution >= 4 is 23.3 Å². The second-order valence-corrected chi connectivity index (χ2v) is 5.21. The average Bonchev–Trinajstić information content (AvgIpc) is 2.61. The number of carbonyl (C=O) groups excluding carboxylic acids is 2. The van der Waals surface area contributed by atoms with Crippen molar-refractivity contribution in [1.29, 1.82) is 0 Å². The quantitative estimate of drug-likeness (QED) is 0.526. The fraction of sp³-hybridized carbons (Fsp3) is 0.167. The molecule has 2 aromatic carbocycles. The zero-order valence-corrected chi connectivity index (χ0v) is 13.5. The Balaban J connectivity index is 1.97. The summed E-state index contributed by atoms with van der Waals surface area (Å²) in [4.78, 5) is 34.9. The molecule has 1 amide bonds. The molecule has 2 aromatic rings. The fourth-order valence-electron chi connectivity index (χ4n) is 2.22. The topological polar surface area (TPSA) is 113 Å². The number of Topliss-reactive ketones (excluding diaryl/α,β-unsaturated/α-hetero) is 1. The van der Waals surface area contributed by atoms with Crippen LogP contribution in [0.25, 0.3) is 0 Å². The van der Waals surface area contributed by atoms with Gasteiger partial charge in [0.05, 0.1) is 23.9 Å². The zero-order valence-electron chi connectivity index (χ0n) is 13.5. The second-order valence-electron chi connectivity index (χ2n) is 5.21. The predicted molar refractivity (Wildman–Crippen MR) is 90.3 cm³/mol. The molecule has 0 spiro atoms. The number of carbonyl (C=O) groups is 3. The number of hydrogen-bond donors (Lipinski definition) is 3. The maximum Gasteiger partial charge on any atom is 0.335 e. The van der Waals surface area contributed by atoms with Crippen LogP contribution in [0.5, 0.6) is 11.5 Å². The molecular weight excluding hydrogens is 326 g/mol. The molecule has 0 saturated carbocycles. The first-order chi connectivity index (χ1) is 11.9. The number of benzene rings is 2. The Morgan fingerprint density at radius 2 is 1.80 bits per heavy atom. The van der Waals surface area contributed by atoms with Gasteiger partial charge in [-0.15, -0.1) is 0 Å². The van der Waals surface area contributed by atoms with Gasteiger partial charge in [-0.05, 0) is 30.3 Å². The molecule has 0 fully saturated rings. The van der Waals surface area contributed by atoms with Crippen LogP contribution in [0.3, 0.4) is 0 Å². The molecule has 0 aliphatic rings. The summed E-state index contributed by atoms with van der Waals surface area (Å²) >= 11 is 0. The number of amides is 1. The van der Waals surface area contributed by atoms with E-state index in [1.165, 1.54) is 19.2 Å². The van der Waals surface area contributed by atoms with Crippen LogP contribution in [0.2, 0.25) is 0 Å². The summed E-state index contributed by atoms with van der Waals surface area (Å²) in [5.74, 6) is -1.81. The number of ketones is 1. The van der Waals surface area contributed by atoms with Crippen LogP contribution < -0.4 is 10.1 Å². The molecule has 0 heterocycles. The van der Waals surface area contributed by atoms with Gasteiger partial charge in [-0.2, -0.15) is 0 Å². The molecule has 0 aliphatic heterocycles. The van der Waals surface area contributed by atoms with E-state index < -0.39 is 11.9 Å². The number of nitrogens with one attached hydrogen (secondary N) is 1. The van der Waals surface area contributed by atoms with Crippen LogP contribution in [0.1, 0.15) is 33.6 Å². The summed E-state index contributed by atoms with van der Waals surface area (Å²) in [6.07, 6.45) is -0.114. The lowest BCUT2D eigenvalue weighted by Gasteiger charge is -2.09. The lowest BCUT2D eigenvalue weighted by molar-refractivity contribution is -0.116. The highest BCUT2D eigenvalue weighted by Gasteiger charge is 2.15. The van der Waals surface area contributed by atoms with Crippen molar-refractivity contribution in [3.8, 4) is 11.5 Å².